The van der Waals surface area contributed by atoms with E-state index in [1.807, 2.05) is 24.1 Å². The molecule has 0 aliphatic rings. The lowest BCUT2D eigenvalue weighted by atomic mass is 10.1. The third kappa shape index (κ3) is 2.88. The molecule has 0 amide bonds. The molecule has 0 fully saturated rings. The third-order valence-electron chi connectivity index (χ3n) is 3.26. The molecule has 0 aliphatic carbocycles. The summed E-state index contributed by atoms with van der Waals surface area (Å²) in [7, 11) is 1.96. The number of anilines is 1. The summed E-state index contributed by atoms with van der Waals surface area (Å²) < 4.78 is 0. The molecule has 1 heterocycles. The Bertz CT molecular complexity index is 625. The van der Waals surface area contributed by atoms with Gasteiger partial charge in [0, 0.05) is 25.4 Å². The maximum atomic E-state index is 8.85. The number of benzene rings is 1. The van der Waals surface area contributed by atoms with Gasteiger partial charge in [-0.05, 0) is 24.1 Å². The first-order valence-electron chi connectivity index (χ1n) is 6.31. The Hall–Kier alpha value is -2.56. The van der Waals surface area contributed by atoms with E-state index in [9.17, 15) is 0 Å². The topological polar surface area (TPSA) is 74.7 Å². The largest absolute Gasteiger partial charge is 0.409 e. The molecule has 2 aromatic rings. The van der Waals surface area contributed by atoms with Crippen LogP contribution in [0.25, 0.3) is 0 Å². The number of amidine groups is 1. The standard InChI is InChI=1S/C15H18N4O/c1-11-5-3-4-6-12(11)10-19(2)14-9-17-8-7-13(14)15(16)18-20/h3-9,20H,10H2,1-2H3,(H2,16,18). The number of nitrogens with two attached hydrogens (primary N) is 1. The molecular weight excluding hydrogens is 252 g/mol. The number of hydrogen-bond acceptors (Lipinski definition) is 4. The second-order valence-corrected chi connectivity index (χ2v) is 4.66. The van der Waals surface area contributed by atoms with Crippen LogP contribution < -0.4 is 10.6 Å². The molecule has 0 saturated carbocycles. The Labute approximate surface area is 118 Å². The minimum absolute atomic E-state index is 0.0824. The van der Waals surface area contributed by atoms with Gasteiger partial charge in [0.2, 0.25) is 0 Å². The minimum atomic E-state index is 0.0824. The van der Waals surface area contributed by atoms with Crippen LogP contribution in [0, 0.1) is 6.92 Å². The lowest BCUT2D eigenvalue weighted by Crippen LogP contribution is -2.23. The first kappa shape index (κ1) is 13.9. The number of rotatable bonds is 4. The second-order valence-electron chi connectivity index (χ2n) is 4.66. The highest BCUT2D eigenvalue weighted by Crippen LogP contribution is 2.20. The van der Waals surface area contributed by atoms with Crippen molar-refractivity contribution in [3.63, 3.8) is 0 Å². The van der Waals surface area contributed by atoms with E-state index < -0.39 is 0 Å². The monoisotopic (exact) mass is 270 g/mol. The zero-order valence-corrected chi connectivity index (χ0v) is 11.6. The predicted octanol–water partition coefficient (Wildman–Crippen LogP) is 2.12. The fourth-order valence-electron chi connectivity index (χ4n) is 2.09. The number of pyridine rings is 1. The van der Waals surface area contributed by atoms with Crippen molar-refractivity contribution in [2.75, 3.05) is 11.9 Å². The van der Waals surface area contributed by atoms with Crippen molar-refractivity contribution in [1.82, 2.24) is 4.98 Å². The van der Waals surface area contributed by atoms with Crippen molar-refractivity contribution < 1.29 is 5.21 Å². The van der Waals surface area contributed by atoms with Gasteiger partial charge < -0.3 is 15.8 Å². The van der Waals surface area contributed by atoms with Crippen LogP contribution in [0.3, 0.4) is 0 Å². The number of aromatic nitrogens is 1. The maximum absolute atomic E-state index is 8.85. The molecule has 104 valence electrons. The fourth-order valence-corrected chi connectivity index (χ4v) is 2.09. The van der Waals surface area contributed by atoms with Gasteiger partial charge in [-0.15, -0.1) is 0 Å². The molecule has 3 N–H and O–H groups in total. The molecule has 0 unspecified atom stereocenters. The van der Waals surface area contributed by atoms with Gasteiger partial charge in [-0.25, -0.2) is 0 Å². The molecule has 0 radical (unpaired) electrons. The predicted molar refractivity (Wildman–Crippen MR) is 80.0 cm³/mol. The highest BCUT2D eigenvalue weighted by molar-refractivity contribution is 6.01. The molecule has 0 bridgehead atoms. The van der Waals surface area contributed by atoms with Crippen LogP contribution >= 0.6 is 0 Å². The number of nitrogens with zero attached hydrogens (tertiary/aromatic N) is 3. The van der Waals surface area contributed by atoms with Gasteiger partial charge in [0.1, 0.15) is 0 Å². The van der Waals surface area contributed by atoms with E-state index in [1.54, 1.807) is 18.5 Å². The lowest BCUT2D eigenvalue weighted by Gasteiger charge is -2.22. The number of oxime groups is 1. The first-order valence-corrected chi connectivity index (χ1v) is 6.31. The average molecular weight is 270 g/mol. The van der Waals surface area contributed by atoms with Gasteiger partial charge in [0.15, 0.2) is 5.84 Å². The van der Waals surface area contributed by atoms with Crippen LogP contribution in [0.2, 0.25) is 0 Å². The minimum Gasteiger partial charge on any atom is -0.409 e. The summed E-state index contributed by atoms with van der Waals surface area (Å²) in [4.78, 5) is 6.14. The zero-order chi connectivity index (χ0) is 14.5. The molecule has 0 saturated heterocycles. The summed E-state index contributed by atoms with van der Waals surface area (Å²) in [5.74, 6) is 0.0824. The Morgan fingerprint density at radius 1 is 1.35 bits per heavy atom. The summed E-state index contributed by atoms with van der Waals surface area (Å²) >= 11 is 0. The Balaban J connectivity index is 2.30. The third-order valence-corrected chi connectivity index (χ3v) is 3.26. The van der Waals surface area contributed by atoms with Crippen LogP contribution in [0.15, 0.2) is 47.9 Å². The molecule has 0 atom stereocenters. The molecule has 0 aliphatic heterocycles. The second kappa shape index (κ2) is 6.06. The zero-order valence-electron chi connectivity index (χ0n) is 11.6. The van der Waals surface area contributed by atoms with E-state index in [4.69, 9.17) is 10.9 Å². The number of hydrogen-bond donors (Lipinski definition) is 2. The first-order chi connectivity index (χ1) is 9.63. The molecule has 5 nitrogen and oxygen atoms in total. The smallest absolute Gasteiger partial charge is 0.172 e. The van der Waals surface area contributed by atoms with Crippen LogP contribution in [-0.4, -0.2) is 23.1 Å². The van der Waals surface area contributed by atoms with Crippen LogP contribution in [0.1, 0.15) is 16.7 Å². The van der Waals surface area contributed by atoms with E-state index in [1.165, 1.54) is 11.1 Å². The van der Waals surface area contributed by atoms with Gasteiger partial charge >= 0.3 is 0 Å². The van der Waals surface area contributed by atoms with Crippen LogP contribution in [0.5, 0.6) is 0 Å². The van der Waals surface area contributed by atoms with Crippen molar-refractivity contribution in [3.8, 4) is 0 Å². The van der Waals surface area contributed by atoms with E-state index in [0.717, 1.165) is 12.2 Å². The van der Waals surface area contributed by atoms with Crippen LogP contribution in [-0.2, 0) is 6.54 Å². The summed E-state index contributed by atoms with van der Waals surface area (Å²) in [6.45, 7) is 2.81. The summed E-state index contributed by atoms with van der Waals surface area (Å²) in [5.41, 5.74) is 9.65. The number of aryl methyl sites for hydroxylation is 1. The van der Waals surface area contributed by atoms with Gasteiger partial charge in [0.05, 0.1) is 11.9 Å². The highest BCUT2D eigenvalue weighted by Gasteiger charge is 2.12. The quantitative estimate of drug-likeness (QED) is 0.386. The molecular formula is C15H18N4O. The Morgan fingerprint density at radius 2 is 2.10 bits per heavy atom. The summed E-state index contributed by atoms with van der Waals surface area (Å²) in [5, 5.41) is 11.9. The van der Waals surface area contributed by atoms with Gasteiger partial charge in [-0.2, -0.15) is 0 Å². The molecule has 2 rings (SSSR count). The van der Waals surface area contributed by atoms with E-state index in [0.29, 0.717) is 5.56 Å². The van der Waals surface area contributed by atoms with Crippen molar-refractivity contribution in [3.05, 3.63) is 59.4 Å². The fraction of sp³-hybridized carbons (Fsp3) is 0.200. The van der Waals surface area contributed by atoms with Crippen LogP contribution in [0.4, 0.5) is 5.69 Å². The average Bonchev–Trinajstić information content (AvgIpc) is 2.48. The Morgan fingerprint density at radius 3 is 2.80 bits per heavy atom. The molecule has 20 heavy (non-hydrogen) atoms. The molecule has 0 spiro atoms. The SMILES string of the molecule is Cc1ccccc1CN(C)c1cnccc1/C(N)=N/O. The van der Waals surface area contributed by atoms with Gasteiger partial charge in [-0.3, -0.25) is 4.98 Å². The molecule has 5 heteroatoms. The lowest BCUT2D eigenvalue weighted by molar-refractivity contribution is 0.318. The normalized spacial score (nSPS) is 11.4. The summed E-state index contributed by atoms with van der Waals surface area (Å²) in [6, 6.07) is 9.94. The van der Waals surface area contributed by atoms with E-state index >= 15 is 0 Å². The van der Waals surface area contributed by atoms with Crippen molar-refractivity contribution in [1.29, 1.82) is 0 Å². The Kier molecular flexibility index (Phi) is 4.20. The van der Waals surface area contributed by atoms with Gasteiger partial charge in [-0.1, -0.05) is 29.4 Å². The van der Waals surface area contributed by atoms with E-state index in [2.05, 4.69) is 29.2 Å². The highest BCUT2D eigenvalue weighted by atomic mass is 16.4. The molecule has 1 aromatic carbocycles. The van der Waals surface area contributed by atoms with Crippen molar-refractivity contribution >= 4 is 11.5 Å². The molecule has 1 aromatic heterocycles. The van der Waals surface area contributed by atoms with Crippen molar-refractivity contribution in [2.24, 2.45) is 10.9 Å². The summed E-state index contributed by atoms with van der Waals surface area (Å²) in [6.07, 6.45) is 3.34. The van der Waals surface area contributed by atoms with Gasteiger partial charge in [0.25, 0.3) is 0 Å². The maximum Gasteiger partial charge on any atom is 0.172 e. The van der Waals surface area contributed by atoms with E-state index in [-0.39, 0.29) is 5.84 Å². The van der Waals surface area contributed by atoms with Crippen molar-refractivity contribution in [2.45, 2.75) is 13.5 Å².